The van der Waals surface area contributed by atoms with E-state index in [1.807, 2.05) is 0 Å². The van der Waals surface area contributed by atoms with Gasteiger partial charge in [0.15, 0.2) is 5.75 Å². The Labute approximate surface area is 118 Å². The number of nitrogens with one attached hydrogen (secondary N) is 1. The molecule has 1 heterocycles. The summed E-state index contributed by atoms with van der Waals surface area (Å²) in [5, 5.41) is 9.12. The molecule has 0 fully saturated rings. The van der Waals surface area contributed by atoms with E-state index in [0.29, 0.717) is 12.1 Å². The van der Waals surface area contributed by atoms with Gasteiger partial charge in [0.1, 0.15) is 17.2 Å². The molecule has 2 N–H and O–H groups in total. The molecule has 1 aromatic heterocycles. The van der Waals surface area contributed by atoms with Gasteiger partial charge in [-0.1, -0.05) is 11.6 Å². The predicted molar refractivity (Wildman–Crippen MR) is 64.3 cm³/mol. The Morgan fingerprint density at radius 3 is 2.33 bits per heavy atom. The van der Waals surface area contributed by atoms with Crippen molar-refractivity contribution < 1.29 is 22.7 Å². The standard InChI is InChI=1S/C11H5ClF4N2O3/c12-5-1-4(13)2-6(9(5)20)18-8(19)3-7(11(14,15)16)17-10(18)21/h1-3,20H,(H,17,21). The van der Waals surface area contributed by atoms with E-state index in [0.717, 1.165) is 0 Å². The molecule has 0 aliphatic carbocycles. The maximum atomic E-state index is 13.2. The summed E-state index contributed by atoms with van der Waals surface area (Å²) in [4.78, 5) is 24.7. The molecule has 2 rings (SSSR count). The SMILES string of the molecule is O=c1cc(C(F)(F)F)[nH]c(=O)n1-c1cc(F)cc(Cl)c1O. The van der Waals surface area contributed by atoms with Crippen molar-refractivity contribution in [1.82, 2.24) is 9.55 Å². The number of aromatic amines is 1. The smallest absolute Gasteiger partial charge is 0.431 e. The summed E-state index contributed by atoms with van der Waals surface area (Å²) in [5.41, 5.74) is -5.12. The molecule has 0 atom stereocenters. The van der Waals surface area contributed by atoms with E-state index in [2.05, 4.69) is 0 Å². The van der Waals surface area contributed by atoms with Crippen LogP contribution in [0.15, 0.2) is 27.8 Å². The molecular weight excluding hydrogens is 320 g/mol. The van der Waals surface area contributed by atoms with Crippen molar-refractivity contribution in [3.05, 3.63) is 55.6 Å². The minimum atomic E-state index is -4.93. The molecule has 21 heavy (non-hydrogen) atoms. The van der Waals surface area contributed by atoms with Gasteiger partial charge in [0.25, 0.3) is 5.56 Å². The minimum absolute atomic E-state index is 0.111. The lowest BCUT2D eigenvalue weighted by Gasteiger charge is -2.10. The minimum Gasteiger partial charge on any atom is -0.504 e. The zero-order valence-electron chi connectivity index (χ0n) is 9.83. The lowest BCUT2D eigenvalue weighted by molar-refractivity contribution is -0.141. The van der Waals surface area contributed by atoms with Crippen LogP contribution in [0.2, 0.25) is 5.02 Å². The highest BCUT2D eigenvalue weighted by atomic mass is 35.5. The molecule has 0 aliphatic heterocycles. The van der Waals surface area contributed by atoms with Crippen molar-refractivity contribution in [3.8, 4) is 11.4 Å². The van der Waals surface area contributed by atoms with Gasteiger partial charge in [-0.3, -0.25) is 4.79 Å². The Morgan fingerprint density at radius 1 is 1.19 bits per heavy atom. The molecule has 0 saturated heterocycles. The molecule has 0 unspecified atom stereocenters. The van der Waals surface area contributed by atoms with Crippen molar-refractivity contribution in [3.63, 3.8) is 0 Å². The Hall–Kier alpha value is -2.29. The van der Waals surface area contributed by atoms with Crippen molar-refractivity contribution in [2.45, 2.75) is 6.18 Å². The van der Waals surface area contributed by atoms with Gasteiger partial charge in [-0.05, 0) is 6.07 Å². The van der Waals surface area contributed by atoms with Gasteiger partial charge in [0.2, 0.25) is 0 Å². The molecule has 5 nitrogen and oxygen atoms in total. The second-order valence-electron chi connectivity index (χ2n) is 3.91. The Bertz CT molecular complexity index is 794. The average molecular weight is 325 g/mol. The third kappa shape index (κ3) is 2.77. The number of phenolic OH excluding ortho intramolecular Hbond substituents is 1. The molecule has 10 heteroatoms. The highest BCUT2D eigenvalue weighted by molar-refractivity contribution is 6.32. The van der Waals surface area contributed by atoms with Crippen LogP contribution >= 0.6 is 11.6 Å². The van der Waals surface area contributed by atoms with Crippen LogP contribution in [0.3, 0.4) is 0 Å². The lowest BCUT2D eigenvalue weighted by Crippen LogP contribution is -2.35. The summed E-state index contributed by atoms with van der Waals surface area (Å²) in [6.07, 6.45) is -4.93. The largest absolute Gasteiger partial charge is 0.504 e. The van der Waals surface area contributed by atoms with E-state index >= 15 is 0 Å². The number of alkyl halides is 3. The summed E-state index contributed by atoms with van der Waals surface area (Å²) in [6, 6.07) is 1.41. The molecule has 0 bridgehead atoms. The van der Waals surface area contributed by atoms with E-state index in [4.69, 9.17) is 11.6 Å². The topological polar surface area (TPSA) is 75.1 Å². The van der Waals surface area contributed by atoms with E-state index in [1.165, 1.54) is 4.98 Å². The fourth-order valence-electron chi connectivity index (χ4n) is 1.60. The normalized spacial score (nSPS) is 11.7. The second-order valence-corrected chi connectivity index (χ2v) is 4.32. The number of H-pyrrole nitrogens is 1. The molecule has 2 aromatic rings. The second kappa shape index (κ2) is 4.92. The first-order chi connectivity index (χ1) is 9.61. The summed E-state index contributed by atoms with van der Waals surface area (Å²) in [5.74, 6) is -1.80. The number of nitrogens with zero attached hydrogens (tertiary/aromatic N) is 1. The molecule has 0 radical (unpaired) electrons. The third-order valence-corrected chi connectivity index (χ3v) is 2.78. The maximum absolute atomic E-state index is 13.2. The fourth-order valence-corrected chi connectivity index (χ4v) is 1.80. The average Bonchev–Trinajstić information content (AvgIpc) is 2.32. The molecule has 0 aliphatic rings. The first-order valence-corrected chi connectivity index (χ1v) is 5.61. The summed E-state index contributed by atoms with van der Waals surface area (Å²) < 4.78 is 50.7. The van der Waals surface area contributed by atoms with Gasteiger partial charge in [-0.2, -0.15) is 13.2 Å². The number of aromatic nitrogens is 2. The zero-order chi connectivity index (χ0) is 15.9. The number of hydrogen-bond donors (Lipinski definition) is 2. The Kier molecular flexibility index (Phi) is 3.54. The van der Waals surface area contributed by atoms with Crippen LogP contribution in [0.5, 0.6) is 5.75 Å². The zero-order valence-corrected chi connectivity index (χ0v) is 10.6. The van der Waals surface area contributed by atoms with Crippen molar-refractivity contribution in [1.29, 1.82) is 0 Å². The van der Waals surface area contributed by atoms with E-state index in [1.54, 1.807) is 0 Å². The third-order valence-electron chi connectivity index (χ3n) is 2.49. The molecule has 0 spiro atoms. The summed E-state index contributed by atoms with van der Waals surface area (Å²) >= 11 is 5.48. The number of benzene rings is 1. The van der Waals surface area contributed by atoms with Crippen LogP contribution < -0.4 is 11.2 Å². The van der Waals surface area contributed by atoms with Crippen LogP contribution in [0.25, 0.3) is 5.69 Å². The van der Waals surface area contributed by atoms with E-state index < -0.39 is 45.4 Å². The summed E-state index contributed by atoms with van der Waals surface area (Å²) in [7, 11) is 0. The molecule has 1 aromatic carbocycles. The highest BCUT2D eigenvalue weighted by Crippen LogP contribution is 2.30. The van der Waals surface area contributed by atoms with E-state index in [9.17, 15) is 32.3 Å². The highest BCUT2D eigenvalue weighted by Gasteiger charge is 2.33. The number of halogens is 5. The first-order valence-electron chi connectivity index (χ1n) is 5.23. The van der Waals surface area contributed by atoms with Gasteiger partial charge in [0, 0.05) is 12.1 Å². The molecule has 112 valence electrons. The van der Waals surface area contributed by atoms with Gasteiger partial charge in [-0.15, -0.1) is 0 Å². The molecule has 0 saturated carbocycles. The Morgan fingerprint density at radius 2 is 1.81 bits per heavy atom. The van der Waals surface area contributed by atoms with Gasteiger partial charge < -0.3 is 10.1 Å². The van der Waals surface area contributed by atoms with Crippen molar-refractivity contribution in [2.24, 2.45) is 0 Å². The Balaban J connectivity index is 2.79. The predicted octanol–water partition coefficient (Wildman–Crippen LogP) is 2.04. The van der Waals surface area contributed by atoms with Crippen LogP contribution in [0.1, 0.15) is 5.69 Å². The molecule has 0 amide bonds. The first kappa shape index (κ1) is 15.1. The van der Waals surface area contributed by atoms with E-state index in [-0.39, 0.29) is 10.6 Å². The number of phenols is 1. The van der Waals surface area contributed by atoms with Gasteiger partial charge in [0.05, 0.1) is 5.02 Å². The lowest BCUT2D eigenvalue weighted by atomic mass is 10.2. The number of hydrogen-bond acceptors (Lipinski definition) is 3. The fraction of sp³-hybridized carbons (Fsp3) is 0.0909. The van der Waals surface area contributed by atoms with Crippen molar-refractivity contribution >= 4 is 11.6 Å². The summed E-state index contributed by atoms with van der Waals surface area (Å²) in [6.45, 7) is 0. The van der Waals surface area contributed by atoms with Crippen LogP contribution in [-0.4, -0.2) is 14.7 Å². The van der Waals surface area contributed by atoms with Crippen LogP contribution in [0.4, 0.5) is 17.6 Å². The molecular formula is C11H5ClF4N2O3. The number of rotatable bonds is 1. The quantitative estimate of drug-likeness (QED) is 0.788. The van der Waals surface area contributed by atoms with Crippen LogP contribution in [-0.2, 0) is 6.18 Å². The van der Waals surface area contributed by atoms with Gasteiger partial charge >= 0.3 is 11.9 Å². The maximum Gasteiger partial charge on any atom is 0.431 e. The van der Waals surface area contributed by atoms with Crippen LogP contribution in [0, 0.1) is 5.82 Å². The number of aromatic hydroxyl groups is 1. The van der Waals surface area contributed by atoms with Gasteiger partial charge in [-0.25, -0.2) is 13.8 Å². The van der Waals surface area contributed by atoms with Crippen molar-refractivity contribution in [2.75, 3.05) is 0 Å². The monoisotopic (exact) mass is 324 g/mol.